The zero-order chi connectivity index (χ0) is 16.1. The van der Waals surface area contributed by atoms with Gasteiger partial charge in [-0.3, -0.25) is 9.59 Å². The molecule has 0 saturated heterocycles. The summed E-state index contributed by atoms with van der Waals surface area (Å²) < 4.78 is 5.23. The van der Waals surface area contributed by atoms with E-state index in [0.29, 0.717) is 11.6 Å². The average Bonchev–Trinajstić information content (AvgIpc) is 3.11. The summed E-state index contributed by atoms with van der Waals surface area (Å²) in [5.74, 6) is -1.42. The Balaban J connectivity index is 1.76. The third kappa shape index (κ3) is 2.42. The van der Waals surface area contributed by atoms with Gasteiger partial charge in [0.15, 0.2) is 5.82 Å². The molecule has 2 aliphatic carbocycles. The lowest BCUT2D eigenvalue weighted by Gasteiger charge is -2.23. The van der Waals surface area contributed by atoms with E-state index in [1.165, 1.54) is 0 Å². The Bertz CT molecular complexity index is 641. The lowest BCUT2D eigenvalue weighted by Crippen LogP contribution is -2.36. The minimum Gasteiger partial charge on any atom is -0.481 e. The van der Waals surface area contributed by atoms with Crippen molar-refractivity contribution in [3.05, 3.63) is 24.0 Å². The van der Waals surface area contributed by atoms with E-state index in [1.54, 1.807) is 6.07 Å². The third-order valence-electron chi connectivity index (χ3n) is 4.55. The lowest BCUT2D eigenvalue weighted by molar-refractivity contribution is -0.146. The molecule has 1 fully saturated rings. The molecule has 1 amide bonds. The van der Waals surface area contributed by atoms with Gasteiger partial charge in [0.25, 0.3) is 0 Å². The Labute approximate surface area is 128 Å². The number of carboxylic acids is 1. The van der Waals surface area contributed by atoms with Crippen LogP contribution in [-0.2, 0) is 15.0 Å². The Kier molecular flexibility index (Phi) is 3.34. The number of carbonyl (C=O) groups excluding carboxylic acids is 1. The average molecular weight is 304 g/mol. The molecule has 0 unspecified atom stereocenters. The number of nitrogens with zero attached hydrogens (tertiary/aromatic N) is 1. The van der Waals surface area contributed by atoms with E-state index in [4.69, 9.17) is 4.52 Å². The normalized spacial score (nSPS) is 29.8. The Morgan fingerprint density at radius 2 is 1.91 bits per heavy atom. The van der Waals surface area contributed by atoms with Crippen LogP contribution in [0, 0.1) is 23.7 Å². The second kappa shape index (κ2) is 4.97. The molecule has 4 atom stereocenters. The fourth-order valence-corrected chi connectivity index (χ4v) is 3.41. The number of hydrogen-bond acceptors (Lipinski definition) is 4. The van der Waals surface area contributed by atoms with E-state index in [0.717, 1.165) is 6.42 Å². The first kappa shape index (κ1) is 14.8. The van der Waals surface area contributed by atoms with Crippen molar-refractivity contribution in [2.75, 3.05) is 5.32 Å². The number of anilines is 1. The summed E-state index contributed by atoms with van der Waals surface area (Å²) >= 11 is 0. The Morgan fingerprint density at radius 3 is 2.45 bits per heavy atom. The van der Waals surface area contributed by atoms with Gasteiger partial charge in [-0.1, -0.05) is 38.1 Å². The highest BCUT2D eigenvalue weighted by Crippen LogP contribution is 2.48. The molecule has 6 nitrogen and oxygen atoms in total. The van der Waals surface area contributed by atoms with Crippen LogP contribution in [-0.4, -0.2) is 22.1 Å². The summed E-state index contributed by atoms with van der Waals surface area (Å²) in [6, 6.07) is 1.69. The molecule has 1 heterocycles. The molecule has 0 aliphatic heterocycles. The molecule has 6 heteroatoms. The van der Waals surface area contributed by atoms with E-state index in [1.807, 2.05) is 32.9 Å². The molecule has 2 aliphatic rings. The van der Waals surface area contributed by atoms with Crippen molar-refractivity contribution in [1.82, 2.24) is 5.16 Å². The van der Waals surface area contributed by atoms with Gasteiger partial charge in [0.2, 0.25) is 5.91 Å². The van der Waals surface area contributed by atoms with Crippen molar-refractivity contribution < 1.29 is 19.2 Å². The van der Waals surface area contributed by atoms with E-state index < -0.39 is 17.8 Å². The van der Waals surface area contributed by atoms with Gasteiger partial charge in [0.05, 0.1) is 11.8 Å². The first-order valence-corrected chi connectivity index (χ1v) is 7.46. The molecule has 0 radical (unpaired) electrons. The molecule has 0 spiro atoms. The molecular weight excluding hydrogens is 284 g/mol. The van der Waals surface area contributed by atoms with Crippen molar-refractivity contribution in [3.63, 3.8) is 0 Å². The van der Waals surface area contributed by atoms with Crippen molar-refractivity contribution in [3.8, 4) is 0 Å². The van der Waals surface area contributed by atoms with Crippen LogP contribution in [0.1, 0.15) is 33.0 Å². The van der Waals surface area contributed by atoms with E-state index >= 15 is 0 Å². The van der Waals surface area contributed by atoms with Gasteiger partial charge in [-0.2, -0.15) is 0 Å². The molecule has 2 bridgehead atoms. The molecule has 1 aromatic heterocycles. The summed E-state index contributed by atoms with van der Waals surface area (Å²) in [5.41, 5.74) is -0.200. The number of carbonyl (C=O) groups is 2. The second-order valence-electron chi connectivity index (χ2n) is 7.15. The van der Waals surface area contributed by atoms with Gasteiger partial charge < -0.3 is 14.9 Å². The Morgan fingerprint density at radius 1 is 1.27 bits per heavy atom. The van der Waals surface area contributed by atoms with Crippen LogP contribution in [0.3, 0.4) is 0 Å². The number of fused-ring (bicyclic) bond motifs is 2. The van der Waals surface area contributed by atoms with E-state index in [-0.39, 0.29) is 23.2 Å². The maximum Gasteiger partial charge on any atom is 0.307 e. The second-order valence-corrected chi connectivity index (χ2v) is 7.15. The molecule has 2 N–H and O–H groups in total. The standard InChI is InChI=1S/C16H20N2O4/c1-16(2,3)10-7-11(18-22-10)17-14(19)12-8-4-5-9(6-8)13(12)15(20)21/h4-5,7-9,12-13H,6H2,1-3H3,(H,20,21)(H,17,18,19)/t8-,9-,12+,13+/m0/s1. The number of allylic oxidation sites excluding steroid dienone is 2. The highest BCUT2D eigenvalue weighted by atomic mass is 16.5. The monoisotopic (exact) mass is 304 g/mol. The summed E-state index contributed by atoms with van der Waals surface area (Å²) in [4.78, 5) is 23.9. The van der Waals surface area contributed by atoms with Crippen molar-refractivity contribution in [1.29, 1.82) is 0 Å². The SMILES string of the molecule is CC(C)(C)c1cc(NC(=O)[C@H]2[C@H](C(=O)O)[C@H]3C=C[C@H]2C3)no1. The van der Waals surface area contributed by atoms with Crippen LogP contribution in [0.2, 0.25) is 0 Å². The number of amides is 1. The minimum atomic E-state index is -0.910. The van der Waals surface area contributed by atoms with Gasteiger partial charge in [0.1, 0.15) is 5.76 Å². The summed E-state index contributed by atoms with van der Waals surface area (Å²) in [6.07, 6.45) is 4.61. The molecular formula is C16H20N2O4. The van der Waals surface area contributed by atoms with Crippen LogP contribution >= 0.6 is 0 Å². The van der Waals surface area contributed by atoms with Crippen LogP contribution in [0.25, 0.3) is 0 Å². The summed E-state index contributed by atoms with van der Waals surface area (Å²) in [5, 5.41) is 15.9. The van der Waals surface area contributed by atoms with Gasteiger partial charge in [-0.15, -0.1) is 0 Å². The number of hydrogen-bond donors (Lipinski definition) is 2. The number of nitrogens with one attached hydrogen (secondary N) is 1. The topological polar surface area (TPSA) is 92.4 Å². The first-order chi connectivity index (χ1) is 10.3. The highest BCUT2D eigenvalue weighted by molar-refractivity contribution is 5.95. The molecule has 1 saturated carbocycles. The molecule has 0 aromatic carbocycles. The predicted molar refractivity (Wildman–Crippen MR) is 79.2 cm³/mol. The van der Waals surface area contributed by atoms with Crippen molar-refractivity contribution >= 4 is 17.7 Å². The van der Waals surface area contributed by atoms with Gasteiger partial charge in [-0.05, 0) is 18.3 Å². The van der Waals surface area contributed by atoms with Crippen LogP contribution in [0.15, 0.2) is 22.7 Å². The number of rotatable bonds is 3. The lowest BCUT2D eigenvalue weighted by atomic mass is 9.82. The fraction of sp³-hybridized carbons (Fsp3) is 0.562. The highest BCUT2D eigenvalue weighted by Gasteiger charge is 2.51. The summed E-state index contributed by atoms with van der Waals surface area (Å²) in [7, 11) is 0. The van der Waals surface area contributed by atoms with Gasteiger partial charge >= 0.3 is 5.97 Å². The minimum absolute atomic E-state index is 0.0000811. The number of carboxylic acid groups (broad SMARTS) is 1. The van der Waals surface area contributed by atoms with Crippen LogP contribution < -0.4 is 5.32 Å². The molecule has 118 valence electrons. The first-order valence-electron chi connectivity index (χ1n) is 7.46. The van der Waals surface area contributed by atoms with Gasteiger partial charge in [0, 0.05) is 11.5 Å². The van der Waals surface area contributed by atoms with E-state index in [2.05, 4.69) is 10.5 Å². The molecule has 3 rings (SSSR count). The van der Waals surface area contributed by atoms with Crippen molar-refractivity contribution in [2.45, 2.75) is 32.6 Å². The zero-order valence-electron chi connectivity index (χ0n) is 12.9. The summed E-state index contributed by atoms with van der Waals surface area (Å²) in [6.45, 7) is 5.96. The predicted octanol–water partition coefficient (Wildman–Crippen LogP) is 2.43. The molecule has 1 aromatic rings. The van der Waals surface area contributed by atoms with Gasteiger partial charge in [-0.25, -0.2) is 0 Å². The van der Waals surface area contributed by atoms with E-state index in [9.17, 15) is 14.7 Å². The Hall–Kier alpha value is -2.11. The third-order valence-corrected chi connectivity index (χ3v) is 4.55. The maximum absolute atomic E-state index is 12.5. The number of aliphatic carboxylic acids is 1. The number of aromatic nitrogens is 1. The van der Waals surface area contributed by atoms with Crippen LogP contribution in [0.5, 0.6) is 0 Å². The fourth-order valence-electron chi connectivity index (χ4n) is 3.41. The largest absolute Gasteiger partial charge is 0.481 e. The smallest absolute Gasteiger partial charge is 0.307 e. The zero-order valence-corrected chi connectivity index (χ0v) is 12.9. The maximum atomic E-state index is 12.5. The van der Waals surface area contributed by atoms with Crippen molar-refractivity contribution in [2.24, 2.45) is 23.7 Å². The molecule has 22 heavy (non-hydrogen) atoms. The quantitative estimate of drug-likeness (QED) is 0.837. The van der Waals surface area contributed by atoms with Crippen LogP contribution in [0.4, 0.5) is 5.82 Å².